The van der Waals surface area contributed by atoms with Crippen LogP contribution in [0.3, 0.4) is 0 Å². The molecule has 0 atom stereocenters. The van der Waals surface area contributed by atoms with Crippen LogP contribution in [0, 0.1) is 6.92 Å². The Morgan fingerprint density at radius 2 is 1.93 bits per heavy atom. The van der Waals surface area contributed by atoms with Crippen LogP contribution in [0.25, 0.3) is 11.3 Å². The predicted molar refractivity (Wildman–Crippen MR) is 110 cm³/mol. The highest BCUT2D eigenvalue weighted by atomic mass is 16.5. The van der Waals surface area contributed by atoms with Crippen LogP contribution >= 0.6 is 0 Å². The van der Waals surface area contributed by atoms with Crippen LogP contribution in [-0.4, -0.2) is 53.3 Å². The van der Waals surface area contributed by atoms with Gasteiger partial charge in [-0.05, 0) is 31.2 Å². The van der Waals surface area contributed by atoms with Gasteiger partial charge in [-0.3, -0.25) is 9.78 Å². The van der Waals surface area contributed by atoms with Crippen LogP contribution in [0.5, 0.6) is 5.75 Å². The van der Waals surface area contributed by atoms with Crippen molar-refractivity contribution in [1.82, 2.24) is 19.9 Å². The molecule has 150 valence electrons. The van der Waals surface area contributed by atoms with E-state index in [0.717, 1.165) is 30.2 Å². The maximum atomic E-state index is 12.2. The minimum atomic E-state index is -0.261. The highest BCUT2D eigenvalue weighted by Gasteiger charge is 2.16. The molecule has 0 spiro atoms. The predicted octanol–water partition coefficient (Wildman–Crippen LogP) is 2.12. The first-order valence-corrected chi connectivity index (χ1v) is 9.31. The van der Waals surface area contributed by atoms with Gasteiger partial charge in [0.2, 0.25) is 11.9 Å². The Kier molecular flexibility index (Phi) is 5.39. The largest absolute Gasteiger partial charge is 0.497 e. The van der Waals surface area contributed by atoms with Gasteiger partial charge in [-0.25, -0.2) is 15.0 Å². The van der Waals surface area contributed by atoms with Crippen molar-refractivity contribution < 1.29 is 9.47 Å². The third kappa shape index (κ3) is 4.35. The van der Waals surface area contributed by atoms with Gasteiger partial charge in [0.15, 0.2) is 0 Å². The van der Waals surface area contributed by atoms with Crippen molar-refractivity contribution in [2.24, 2.45) is 0 Å². The molecule has 0 saturated carbocycles. The van der Waals surface area contributed by atoms with Crippen LogP contribution in [0.2, 0.25) is 0 Å². The van der Waals surface area contributed by atoms with Crippen molar-refractivity contribution in [2.75, 3.05) is 43.6 Å². The van der Waals surface area contributed by atoms with E-state index >= 15 is 0 Å². The molecule has 0 unspecified atom stereocenters. The van der Waals surface area contributed by atoms with E-state index in [1.54, 1.807) is 13.3 Å². The van der Waals surface area contributed by atoms with E-state index in [9.17, 15) is 4.79 Å². The van der Waals surface area contributed by atoms with Crippen LogP contribution in [0.4, 0.5) is 17.6 Å². The lowest BCUT2D eigenvalue weighted by Crippen LogP contribution is -2.37. The van der Waals surface area contributed by atoms with Gasteiger partial charge < -0.3 is 19.7 Å². The zero-order valence-electron chi connectivity index (χ0n) is 16.3. The molecule has 1 aliphatic rings. The van der Waals surface area contributed by atoms with Gasteiger partial charge in [0.1, 0.15) is 5.75 Å². The summed E-state index contributed by atoms with van der Waals surface area (Å²) in [5.41, 5.74) is 2.50. The zero-order valence-corrected chi connectivity index (χ0v) is 16.3. The number of benzene rings is 1. The molecule has 9 heteroatoms. The van der Waals surface area contributed by atoms with Crippen molar-refractivity contribution in [1.29, 1.82) is 0 Å². The van der Waals surface area contributed by atoms with E-state index in [1.807, 2.05) is 31.2 Å². The smallest absolute Gasteiger partial charge is 0.252 e. The molecule has 1 saturated heterocycles. The highest BCUT2D eigenvalue weighted by Crippen LogP contribution is 2.23. The maximum absolute atomic E-state index is 12.2. The molecule has 1 aromatic carbocycles. The summed E-state index contributed by atoms with van der Waals surface area (Å²) in [6.07, 6.45) is 1.71. The number of aromatic amines is 1. The van der Waals surface area contributed by atoms with Gasteiger partial charge >= 0.3 is 0 Å². The number of aryl methyl sites for hydroxylation is 1. The molecule has 3 heterocycles. The second-order valence-electron chi connectivity index (χ2n) is 6.60. The van der Waals surface area contributed by atoms with Crippen LogP contribution in [-0.2, 0) is 4.74 Å². The van der Waals surface area contributed by atoms with Crippen molar-refractivity contribution >= 4 is 17.6 Å². The lowest BCUT2D eigenvalue weighted by molar-refractivity contribution is 0.122. The van der Waals surface area contributed by atoms with Gasteiger partial charge in [-0.2, -0.15) is 0 Å². The van der Waals surface area contributed by atoms with E-state index in [-0.39, 0.29) is 5.56 Å². The first-order valence-electron chi connectivity index (χ1n) is 9.31. The average Bonchev–Trinajstić information content (AvgIpc) is 2.74. The molecule has 2 aromatic heterocycles. The molecule has 1 fully saturated rings. The van der Waals surface area contributed by atoms with Gasteiger partial charge in [0.05, 0.1) is 31.7 Å². The van der Waals surface area contributed by atoms with E-state index in [2.05, 4.69) is 30.2 Å². The molecule has 0 bridgehead atoms. The van der Waals surface area contributed by atoms with Crippen LogP contribution < -0.4 is 20.5 Å². The van der Waals surface area contributed by atoms with Gasteiger partial charge in [-0.1, -0.05) is 0 Å². The number of anilines is 3. The van der Waals surface area contributed by atoms with Crippen molar-refractivity contribution in [2.45, 2.75) is 6.92 Å². The number of morpholine rings is 1. The number of hydrogen-bond donors (Lipinski definition) is 2. The van der Waals surface area contributed by atoms with E-state index < -0.39 is 0 Å². The summed E-state index contributed by atoms with van der Waals surface area (Å²) >= 11 is 0. The molecular formula is C20H22N6O3. The number of aromatic nitrogens is 4. The Bertz CT molecular complexity index is 1040. The highest BCUT2D eigenvalue weighted by molar-refractivity contribution is 5.64. The number of nitrogens with zero attached hydrogens (tertiary/aromatic N) is 4. The third-order valence-corrected chi connectivity index (χ3v) is 4.63. The molecule has 29 heavy (non-hydrogen) atoms. The first kappa shape index (κ1) is 18.9. The fourth-order valence-corrected chi connectivity index (χ4v) is 3.09. The normalized spacial score (nSPS) is 13.9. The molecule has 2 N–H and O–H groups in total. The lowest BCUT2D eigenvalue weighted by Gasteiger charge is -2.27. The number of ether oxygens (including phenoxy) is 2. The molecule has 0 amide bonds. The van der Waals surface area contributed by atoms with Crippen molar-refractivity contribution in [3.8, 4) is 17.0 Å². The summed E-state index contributed by atoms with van der Waals surface area (Å²) in [5, 5.41) is 3.10. The quantitative estimate of drug-likeness (QED) is 0.678. The van der Waals surface area contributed by atoms with E-state index in [1.165, 1.54) is 6.07 Å². The second kappa shape index (κ2) is 8.27. The second-order valence-corrected chi connectivity index (χ2v) is 6.60. The molecule has 4 rings (SSSR count). The summed E-state index contributed by atoms with van der Waals surface area (Å²) in [6, 6.07) is 8.78. The van der Waals surface area contributed by atoms with Gasteiger partial charge in [0, 0.05) is 36.6 Å². The SMILES string of the molecule is COc1ccc(Nc2nc(-c3cnc(N4CCOCC4)nc3C)cc(=O)[nH]2)cc1. The number of nitrogens with one attached hydrogen (secondary N) is 2. The summed E-state index contributed by atoms with van der Waals surface area (Å²) < 4.78 is 10.5. The van der Waals surface area contributed by atoms with Gasteiger partial charge in [0.25, 0.3) is 5.56 Å². The fourth-order valence-electron chi connectivity index (χ4n) is 3.09. The molecule has 1 aliphatic heterocycles. The minimum absolute atomic E-state index is 0.261. The maximum Gasteiger partial charge on any atom is 0.252 e. The van der Waals surface area contributed by atoms with E-state index in [4.69, 9.17) is 9.47 Å². The average molecular weight is 394 g/mol. The number of methoxy groups -OCH3 is 1. The monoisotopic (exact) mass is 394 g/mol. The Labute approximate surface area is 167 Å². The van der Waals surface area contributed by atoms with E-state index in [0.29, 0.717) is 36.4 Å². The minimum Gasteiger partial charge on any atom is -0.497 e. The zero-order chi connectivity index (χ0) is 20.2. The first-order chi connectivity index (χ1) is 14.1. The van der Waals surface area contributed by atoms with Crippen LogP contribution in [0.15, 0.2) is 41.3 Å². The van der Waals surface area contributed by atoms with Crippen molar-refractivity contribution in [3.05, 3.63) is 52.6 Å². The summed E-state index contributed by atoms with van der Waals surface area (Å²) in [5.74, 6) is 1.75. The van der Waals surface area contributed by atoms with Crippen molar-refractivity contribution in [3.63, 3.8) is 0 Å². The topological polar surface area (TPSA) is 105 Å². The Balaban J connectivity index is 1.60. The molecule has 0 aliphatic carbocycles. The Hall–Kier alpha value is -3.46. The number of hydrogen-bond acceptors (Lipinski definition) is 8. The lowest BCUT2D eigenvalue weighted by atomic mass is 10.2. The molecule has 9 nitrogen and oxygen atoms in total. The fraction of sp³-hybridized carbons (Fsp3) is 0.300. The Morgan fingerprint density at radius 3 is 2.62 bits per heavy atom. The molecule has 0 radical (unpaired) electrons. The molecular weight excluding hydrogens is 372 g/mol. The summed E-state index contributed by atoms with van der Waals surface area (Å²) in [6.45, 7) is 4.75. The van der Waals surface area contributed by atoms with Crippen LogP contribution in [0.1, 0.15) is 5.69 Å². The Morgan fingerprint density at radius 1 is 1.17 bits per heavy atom. The third-order valence-electron chi connectivity index (χ3n) is 4.63. The summed E-state index contributed by atoms with van der Waals surface area (Å²) in [4.78, 5) is 30.6. The number of rotatable bonds is 5. The standard InChI is InChI=1S/C20H22N6O3/c1-13-16(12-21-20(22-13)26-7-9-29-10-8-26)17-11-18(27)25-19(24-17)23-14-3-5-15(28-2)6-4-14/h3-6,11-12H,7-10H2,1-2H3,(H2,23,24,25,27). The number of H-pyrrole nitrogens is 1. The molecule has 3 aromatic rings. The summed E-state index contributed by atoms with van der Waals surface area (Å²) in [7, 11) is 1.61. The van der Waals surface area contributed by atoms with Gasteiger partial charge in [-0.15, -0.1) is 0 Å².